The zero-order valence-electron chi connectivity index (χ0n) is 11.8. The van der Waals surface area contributed by atoms with Crippen LogP contribution < -0.4 is 0 Å². The summed E-state index contributed by atoms with van der Waals surface area (Å²) >= 11 is 3.38. The van der Waals surface area contributed by atoms with Gasteiger partial charge in [0.25, 0.3) is 0 Å². The molecule has 0 saturated heterocycles. The molecule has 1 N–H and O–H groups in total. The van der Waals surface area contributed by atoms with Crippen LogP contribution in [0.1, 0.15) is 31.0 Å². The van der Waals surface area contributed by atoms with E-state index in [2.05, 4.69) is 38.5 Å². The third-order valence-electron chi connectivity index (χ3n) is 3.50. The summed E-state index contributed by atoms with van der Waals surface area (Å²) in [6.45, 7) is 3.03. The smallest absolute Gasteiger partial charge is 0.146 e. The van der Waals surface area contributed by atoms with E-state index in [1.165, 1.54) is 0 Å². The van der Waals surface area contributed by atoms with Gasteiger partial charge in [-0.1, -0.05) is 19.1 Å². The Bertz CT molecular complexity index is 748. The molecule has 2 heterocycles. The van der Waals surface area contributed by atoms with Crippen LogP contribution in [0.2, 0.25) is 0 Å². The van der Waals surface area contributed by atoms with Crippen molar-refractivity contribution >= 4 is 27.0 Å². The monoisotopic (exact) mass is 348 g/mol. The third kappa shape index (κ3) is 2.76. The fourth-order valence-corrected chi connectivity index (χ4v) is 3.03. The summed E-state index contributed by atoms with van der Waals surface area (Å²) in [4.78, 5) is 4.66. The van der Waals surface area contributed by atoms with E-state index in [9.17, 15) is 5.11 Å². The van der Waals surface area contributed by atoms with Gasteiger partial charge in [-0.2, -0.15) is 0 Å². The summed E-state index contributed by atoms with van der Waals surface area (Å²) in [6.07, 6.45) is 2.31. The molecule has 5 heteroatoms. The molecule has 4 nitrogen and oxygen atoms in total. The second-order valence-electron chi connectivity index (χ2n) is 5.02. The molecule has 0 aliphatic carbocycles. The van der Waals surface area contributed by atoms with E-state index < -0.39 is 6.10 Å². The lowest BCUT2D eigenvalue weighted by Gasteiger charge is -2.11. The highest BCUT2D eigenvalue weighted by atomic mass is 79.9. The number of furan rings is 1. The molecular weight excluding hydrogens is 332 g/mol. The average Bonchev–Trinajstić information content (AvgIpc) is 3.04. The summed E-state index contributed by atoms with van der Waals surface area (Å²) in [6, 6.07) is 9.85. The highest BCUT2D eigenvalue weighted by Gasteiger charge is 2.19. The van der Waals surface area contributed by atoms with Gasteiger partial charge in [0.05, 0.1) is 21.8 Å². The number of benzene rings is 1. The number of hydrogen-bond donors (Lipinski definition) is 1. The minimum atomic E-state index is -0.707. The predicted molar refractivity (Wildman–Crippen MR) is 85.1 cm³/mol. The van der Waals surface area contributed by atoms with E-state index in [4.69, 9.17) is 4.42 Å². The first-order valence-corrected chi connectivity index (χ1v) is 7.85. The van der Waals surface area contributed by atoms with Crippen molar-refractivity contribution in [1.82, 2.24) is 9.55 Å². The van der Waals surface area contributed by atoms with Crippen molar-refractivity contribution in [1.29, 1.82) is 0 Å². The number of aryl methyl sites for hydroxylation is 1. The molecule has 3 rings (SSSR count). The molecule has 1 unspecified atom stereocenters. The van der Waals surface area contributed by atoms with Gasteiger partial charge < -0.3 is 14.1 Å². The number of rotatable bonds is 5. The van der Waals surface area contributed by atoms with Crippen molar-refractivity contribution < 1.29 is 9.52 Å². The molecule has 1 aromatic carbocycles. The topological polar surface area (TPSA) is 51.2 Å². The zero-order chi connectivity index (χ0) is 14.8. The molecule has 0 saturated carbocycles. The van der Waals surface area contributed by atoms with E-state index in [0.717, 1.165) is 34.3 Å². The van der Waals surface area contributed by atoms with Crippen LogP contribution in [0.4, 0.5) is 0 Å². The Morgan fingerprint density at radius 3 is 2.86 bits per heavy atom. The Balaban J connectivity index is 1.96. The molecule has 1 atom stereocenters. The van der Waals surface area contributed by atoms with Crippen molar-refractivity contribution in [3.63, 3.8) is 0 Å². The number of para-hydroxylation sites is 2. The molecule has 2 aromatic heterocycles. The second-order valence-corrected chi connectivity index (χ2v) is 5.88. The Morgan fingerprint density at radius 1 is 1.33 bits per heavy atom. The van der Waals surface area contributed by atoms with Gasteiger partial charge in [0.2, 0.25) is 0 Å². The Kier molecular flexibility index (Phi) is 4.12. The van der Waals surface area contributed by atoms with Crippen molar-refractivity contribution in [3.05, 3.63) is 52.7 Å². The number of aromatic nitrogens is 2. The van der Waals surface area contributed by atoms with E-state index in [1.807, 2.05) is 18.2 Å². The van der Waals surface area contributed by atoms with Crippen LogP contribution in [0.3, 0.4) is 0 Å². The molecular formula is C16H17BrN2O2. The SMILES string of the molecule is CCCn1c(CC(O)c2occc2Br)nc2ccccc21. The van der Waals surface area contributed by atoms with E-state index >= 15 is 0 Å². The normalized spacial score (nSPS) is 12.9. The number of nitrogens with zero attached hydrogens (tertiary/aromatic N) is 2. The summed E-state index contributed by atoms with van der Waals surface area (Å²) in [5.41, 5.74) is 2.08. The molecule has 110 valence electrons. The highest BCUT2D eigenvalue weighted by molar-refractivity contribution is 9.10. The second kappa shape index (κ2) is 6.03. The number of halogens is 1. The largest absolute Gasteiger partial charge is 0.465 e. The molecule has 0 aliphatic heterocycles. The van der Waals surface area contributed by atoms with Crippen molar-refractivity contribution in [2.75, 3.05) is 0 Å². The minimum absolute atomic E-state index is 0.431. The minimum Gasteiger partial charge on any atom is -0.465 e. The van der Waals surface area contributed by atoms with Gasteiger partial charge >= 0.3 is 0 Å². The number of hydrogen-bond acceptors (Lipinski definition) is 3. The average molecular weight is 349 g/mol. The summed E-state index contributed by atoms with van der Waals surface area (Å²) in [5, 5.41) is 10.4. The summed E-state index contributed by atoms with van der Waals surface area (Å²) in [7, 11) is 0. The molecule has 21 heavy (non-hydrogen) atoms. The molecule has 0 amide bonds. The molecule has 0 radical (unpaired) electrons. The van der Waals surface area contributed by atoms with Crippen LogP contribution in [-0.2, 0) is 13.0 Å². The lowest BCUT2D eigenvalue weighted by Crippen LogP contribution is -2.09. The first kappa shape index (κ1) is 14.4. The van der Waals surface area contributed by atoms with Crippen molar-refractivity contribution in [2.45, 2.75) is 32.4 Å². The maximum absolute atomic E-state index is 10.4. The Morgan fingerprint density at radius 2 is 2.14 bits per heavy atom. The van der Waals surface area contributed by atoms with Crippen LogP contribution in [-0.4, -0.2) is 14.7 Å². The molecule has 0 fully saturated rings. The highest BCUT2D eigenvalue weighted by Crippen LogP contribution is 2.28. The van der Waals surface area contributed by atoms with Crippen LogP contribution in [0.5, 0.6) is 0 Å². The maximum atomic E-state index is 10.4. The number of aliphatic hydroxyl groups is 1. The van der Waals surface area contributed by atoms with Crippen LogP contribution in [0, 0.1) is 0 Å². The molecule has 0 spiro atoms. The summed E-state index contributed by atoms with van der Waals surface area (Å²) in [5.74, 6) is 1.43. The zero-order valence-corrected chi connectivity index (χ0v) is 13.4. The van der Waals surface area contributed by atoms with Gasteiger partial charge in [-0.25, -0.2) is 4.98 Å². The van der Waals surface area contributed by atoms with E-state index in [0.29, 0.717) is 12.2 Å². The van der Waals surface area contributed by atoms with E-state index in [-0.39, 0.29) is 0 Å². The van der Waals surface area contributed by atoms with Gasteiger partial charge in [-0.3, -0.25) is 0 Å². The Labute approximate surface area is 131 Å². The van der Waals surface area contributed by atoms with Gasteiger partial charge in [0.1, 0.15) is 17.7 Å². The van der Waals surface area contributed by atoms with Gasteiger partial charge in [0.15, 0.2) is 0 Å². The number of aliphatic hydroxyl groups excluding tert-OH is 1. The quantitative estimate of drug-likeness (QED) is 0.755. The van der Waals surface area contributed by atoms with Crippen LogP contribution >= 0.6 is 15.9 Å². The van der Waals surface area contributed by atoms with Gasteiger partial charge in [-0.05, 0) is 40.5 Å². The van der Waals surface area contributed by atoms with E-state index in [1.54, 1.807) is 12.3 Å². The number of fused-ring (bicyclic) bond motifs is 1. The van der Waals surface area contributed by atoms with Gasteiger partial charge in [0, 0.05) is 13.0 Å². The lowest BCUT2D eigenvalue weighted by atomic mass is 10.2. The van der Waals surface area contributed by atoms with Crippen molar-refractivity contribution in [2.24, 2.45) is 0 Å². The van der Waals surface area contributed by atoms with Crippen molar-refractivity contribution in [3.8, 4) is 0 Å². The lowest BCUT2D eigenvalue weighted by molar-refractivity contribution is 0.146. The van der Waals surface area contributed by atoms with Crippen LogP contribution in [0.25, 0.3) is 11.0 Å². The fraction of sp³-hybridized carbons (Fsp3) is 0.312. The molecule has 0 bridgehead atoms. The standard InChI is InChI=1S/C16H17BrN2O2/c1-2-8-19-13-6-4-3-5-12(13)18-15(19)10-14(20)16-11(17)7-9-21-16/h3-7,9,14,20H,2,8,10H2,1H3. The molecule has 0 aliphatic rings. The number of imidazole rings is 1. The summed E-state index contributed by atoms with van der Waals surface area (Å²) < 4.78 is 8.30. The predicted octanol–water partition coefficient (Wildman–Crippen LogP) is 4.08. The maximum Gasteiger partial charge on any atom is 0.146 e. The van der Waals surface area contributed by atoms with Gasteiger partial charge in [-0.15, -0.1) is 0 Å². The van der Waals surface area contributed by atoms with Crippen LogP contribution in [0.15, 0.2) is 45.5 Å². The third-order valence-corrected chi connectivity index (χ3v) is 4.16. The Hall–Kier alpha value is -1.59. The first-order valence-electron chi connectivity index (χ1n) is 7.05. The first-order chi connectivity index (χ1) is 10.2. The molecule has 3 aromatic rings. The fourth-order valence-electron chi connectivity index (χ4n) is 2.56.